The number of hydrogen-bond acceptors (Lipinski definition) is 3. The Morgan fingerprint density at radius 1 is 1.47 bits per heavy atom. The molecule has 1 N–H and O–H groups in total. The summed E-state index contributed by atoms with van der Waals surface area (Å²) >= 11 is 5.21. The first-order valence-electron chi connectivity index (χ1n) is 4.74. The highest BCUT2D eigenvalue weighted by Crippen LogP contribution is 2.32. The van der Waals surface area contributed by atoms with Crippen LogP contribution >= 0.6 is 27.3 Å². The molecule has 0 bridgehead atoms. The number of nitrogens with one attached hydrogen (secondary N) is 1. The average Bonchev–Trinajstić information content (AvgIpc) is 2.65. The van der Waals surface area contributed by atoms with Gasteiger partial charge in [0, 0.05) is 22.9 Å². The van der Waals surface area contributed by atoms with Gasteiger partial charge in [-0.25, -0.2) is 0 Å². The summed E-state index contributed by atoms with van der Waals surface area (Å²) in [6.07, 6.45) is 1.83. The largest absolute Gasteiger partial charge is 0.385 e. The Balaban J connectivity index is 2.37. The van der Waals surface area contributed by atoms with Gasteiger partial charge in [0.25, 0.3) is 0 Å². The fraction of sp³-hybridized carbons (Fsp3) is 0.182. The van der Waals surface area contributed by atoms with Crippen LogP contribution in [0.25, 0.3) is 10.6 Å². The molecule has 2 nitrogen and oxygen atoms in total. The van der Waals surface area contributed by atoms with Crippen LogP contribution in [0.1, 0.15) is 6.92 Å². The highest BCUT2D eigenvalue weighted by atomic mass is 79.9. The van der Waals surface area contributed by atoms with Gasteiger partial charge in [-0.1, -0.05) is 0 Å². The number of nitrogens with zero attached hydrogens (tertiary/aromatic N) is 1. The molecule has 0 spiro atoms. The maximum Gasteiger partial charge on any atom is 0.0833 e. The van der Waals surface area contributed by atoms with Crippen molar-refractivity contribution in [3.8, 4) is 10.6 Å². The van der Waals surface area contributed by atoms with Gasteiger partial charge in [-0.3, -0.25) is 4.98 Å². The summed E-state index contributed by atoms with van der Waals surface area (Å²) in [5, 5.41) is 5.34. The van der Waals surface area contributed by atoms with Gasteiger partial charge in [0.05, 0.1) is 10.6 Å². The fourth-order valence-corrected chi connectivity index (χ4v) is 2.89. The van der Waals surface area contributed by atoms with Crippen molar-refractivity contribution in [2.45, 2.75) is 6.92 Å². The fourth-order valence-electron chi connectivity index (χ4n) is 1.35. The van der Waals surface area contributed by atoms with Crippen LogP contribution in [-0.2, 0) is 0 Å². The maximum absolute atomic E-state index is 4.37. The minimum atomic E-state index is 0.926. The maximum atomic E-state index is 4.37. The van der Waals surface area contributed by atoms with Crippen molar-refractivity contribution in [1.29, 1.82) is 0 Å². The number of thiophene rings is 1. The lowest BCUT2D eigenvalue weighted by atomic mass is 10.3. The zero-order chi connectivity index (χ0) is 10.7. The number of hydrogen-bond donors (Lipinski definition) is 1. The van der Waals surface area contributed by atoms with Gasteiger partial charge in [-0.15, -0.1) is 11.3 Å². The standard InChI is InChI=1S/C11H11BrN2S/c1-2-13-8-3-5-14-10(7-8)11-9(12)4-6-15-11/h3-7H,2H2,1H3,(H,13,14). The van der Waals surface area contributed by atoms with Gasteiger partial charge in [0.2, 0.25) is 0 Å². The summed E-state index contributed by atoms with van der Waals surface area (Å²) in [6, 6.07) is 6.09. The van der Waals surface area contributed by atoms with E-state index in [2.05, 4.69) is 44.6 Å². The predicted molar refractivity (Wildman–Crippen MR) is 69.4 cm³/mol. The smallest absolute Gasteiger partial charge is 0.0833 e. The van der Waals surface area contributed by atoms with E-state index in [9.17, 15) is 0 Å². The van der Waals surface area contributed by atoms with E-state index in [1.165, 1.54) is 4.88 Å². The number of halogens is 1. The Bertz CT molecular complexity index is 453. The molecule has 2 aromatic heterocycles. The van der Waals surface area contributed by atoms with Crippen molar-refractivity contribution in [2.24, 2.45) is 0 Å². The molecule has 0 aromatic carbocycles. The van der Waals surface area contributed by atoms with E-state index < -0.39 is 0 Å². The molecule has 0 atom stereocenters. The van der Waals surface area contributed by atoms with Gasteiger partial charge >= 0.3 is 0 Å². The van der Waals surface area contributed by atoms with Crippen LogP contribution in [0.4, 0.5) is 5.69 Å². The lowest BCUT2D eigenvalue weighted by Crippen LogP contribution is -1.96. The summed E-state index contributed by atoms with van der Waals surface area (Å²) < 4.78 is 1.11. The molecular formula is C11H11BrN2S. The van der Waals surface area contributed by atoms with Gasteiger partial charge in [0.15, 0.2) is 0 Å². The highest BCUT2D eigenvalue weighted by molar-refractivity contribution is 9.10. The molecule has 0 fully saturated rings. The van der Waals surface area contributed by atoms with E-state index >= 15 is 0 Å². The van der Waals surface area contributed by atoms with Crippen LogP contribution in [-0.4, -0.2) is 11.5 Å². The molecule has 2 rings (SSSR count). The van der Waals surface area contributed by atoms with Crippen LogP contribution in [0.15, 0.2) is 34.2 Å². The van der Waals surface area contributed by atoms with Crippen molar-refractivity contribution >= 4 is 33.0 Å². The average molecular weight is 283 g/mol. The van der Waals surface area contributed by atoms with Crippen molar-refractivity contribution in [2.75, 3.05) is 11.9 Å². The van der Waals surface area contributed by atoms with E-state index in [0.717, 1.165) is 22.4 Å². The Morgan fingerprint density at radius 2 is 2.33 bits per heavy atom. The molecule has 0 aliphatic carbocycles. The zero-order valence-electron chi connectivity index (χ0n) is 8.33. The molecule has 0 aliphatic heterocycles. The van der Waals surface area contributed by atoms with E-state index in [1.807, 2.05) is 18.3 Å². The quantitative estimate of drug-likeness (QED) is 0.920. The monoisotopic (exact) mass is 282 g/mol. The van der Waals surface area contributed by atoms with E-state index in [-0.39, 0.29) is 0 Å². The van der Waals surface area contributed by atoms with E-state index in [4.69, 9.17) is 0 Å². The van der Waals surface area contributed by atoms with Crippen LogP contribution < -0.4 is 5.32 Å². The third-order valence-electron chi connectivity index (χ3n) is 1.99. The minimum Gasteiger partial charge on any atom is -0.385 e. The third kappa shape index (κ3) is 2.38. The highest BCUT2D eigenvalue weighted by Gasteiger charge is 2.06. The molecule has 0 unspecified atom stereocenters. The molecule has 15 heavy (non-hydrogen) atoms. The number of pyridine rings is 1. The molecule has 0 radical (unpaired) electrons. The summed E-state index contributed by atoms with van der Waals surface area (Å²) in [6.45, 7) is 3.01. The Labute approximate surface area is 101 Å². The van der Waals surface area contributed by atoms with Crippen molar-refractivity contribution in [1.82, 2.24) is 4.98 Å². The van der Waals surface area contributed by atoms with Gasteiger partial charge < -0.3 is 5.32 Å². The molecule has 0 aliphatic rings. The second-order valence-corrected chi connectivity index (χ2v) is 4.83. The van der Waals surface area contributed by atoms with Crippen molar-refractivity contribution in [3.05, 3.63) is 34.2 Å². The van der Waals surface area contributed by atoms with Gasteiger partial charge in [-0.05, 0) is 46.4 Å². The first-order valence-corrected chi connectivity index (χ1v) is 6.42. The SMILES string of the molecule is CCNc1ccnc(-c2sccc2Br)c1. The molecule has 2 aromatic rings. The molecule has 0 saturated carbocycles. The normalized spacial score (nSPS) is 10.3. The lowest BCUT2D eigenvalue weighted by molar-refractivity contribution is 1.20. The second-order valence-electron chi connectivity index (χ2n) is 3.06. The second kappa shape index (κ2) is 4.77. The summed E-state index contributed by atoms with van der Waals surface area (Å²) in [7, 11) is 0. The first kappa shape index (κ1) is 10.6. The summed E-state index contributed by atoms with van der Waals surface area (Å²) in [4.78, 5) is 5.54. The Kier molecular flexibility index (Phi) is 3.38. The molecule has 78 valence electrons. The topological polar surface area (TPSA) is 24.9 Å². The van der Waals surface area contributed by atoms with Crippen molar-refractivity contribution < 1.29 is 0 Å². The van der Waals surface area contributed by atoms with Crippen LogP contribution in [0.2, 0.25) is 0 Å². The Morgan fingerprint density at radius 3 is 3.00 bits per heavy atom. The van der Waals surface area contributed by atoms with Crippen LogP contribution in [0, 0.1) is 0 Å². The van der Waals surface area contributed by atoms with Gasteiger partial charge in [-0.2, -0.15) is 0 Å². The van der Waals surface area contributed by atoms with Crippen molar-refractivity contribution in [3.63, 3.8) is 0 Å². The lowest BCUT2D eigenvalue weighted by Gasteiger charge is -2.04. The first-order chi connectivity index (χ1) is 7.31. The van der Waals surface area contributed by atoms with Crippen LogP contribution in [0.5, 0.6) is 0 Å². The number of rotatable bonds is 3. The number of aromatic nitrogens is 1. The van der Waals surface area contributed by atoms with Gasteiger partial charge in [0.1, 0.15) is 0 Å². The third-order valence-corrected chi connectivity index (χ3v) is 3.85. The zero-order valence-corrected chi connectivity index (χ0v) is 10.7. The molecule has 4 heteroatoms. The molecule has 0 saturated heterocycles. The van der Waals surface area contributed by atoms with Crippen LogP contribution in [0.3, 0.4) is 0 Å². The molecule has 0 amide bonds. The Hall–Kier alpha value is -0.870. The minimum absolute atomic E-state index is 0.926. The predicted octanol–water partition coefficient (Wildman–Crippen LogP) is 4.00. The van der Waals surface area contributed by atoms with E-state index in [1.54, 1.807) is 11.3 Å². The summed E-state index contributed by atoms with van der Waals surface area (Å²) in [5.41, 5.74) is 2.12. The van der Waals surface area contributed by atoms with E-state index in [0.29, 0.717) is 0 Å². The molecular weight excluding hydrogens is 272 g/mol. The summed E-state index contributed by atoms with van der Waals surface area (Å²) in [5.74, 6) is 0. The number of anilines is 1. The molecule has 2 heterocycles.